The molecule has 0 aliphatic rings. The number of para-hydroxylation sites is 1. The van der Waals surface area contributed by atoms with Crippen molar-refractivity contribution in [2.24, 2.45) is 0 Å². The van der Waals surface area contributed by atoms with E-state index < -0.39 is 22.0 Å². The van der Waals surface area contributed by atoms with Crippen LogP contribution in [0.1, 0.15) is 18.9 Å². The van der Waals surface area contributed by atoms with Gasteiger partial charge in [0.1, 0.15) is 11.8 Å². The molecular weight excluding hydrogens is 352 g/mol. The summed E-state index contributed by atoms with van der Waals surface area (Å²) in [4.78, 5) is 12.9. The Bertz CT molecular complexity index is 866. The molecule has 0 spiro atoms. The molecule has 7 heteroatoms. The van der Waals surface area contributed by atoms with Crippen molar-refractivity contribution in [3.8, 4) is 5.75 Å². The monoisotopic (exact) mass is 376 g/mol. The van der Waals surface area contributed by atoms with Gasteiger partial charge < -0.3 is 10.1 Å². The van der Waals surface area contributed by atoms with E-state index in [9.17, 15) is 13.2 Å². The predicted octanol–water partition coefficient (Wildman–Crippen LogP) is 3.19. The van der Waals surface area contributed by atoms with Gasteiger partial charge in [-0.25, -0.2) is 8.42 Å². The Kier molecular flexibility index (Phi) is 6.26. The number of hydrogen-bond acceptors (Lipinski definition) is 4. The van der Waals surface area contributed by atoms with Crippen LogP contribution in [-0.2, 0) is 14.8 Å². The average Bonchev–Trinajstić information content (AvgIpc) is 2.59. The molecule has 1 unspecified atom stereocenters. The number of rotatable bonds is 7. The zero-order valence-electron chi connectivity index (χ0n) is 15.4. The summed E-state index contributed by atoms with van der Waals surface area (Å²) in [6.07, 6.45) is 1.42. The van der Waals surface area contributed by atoms with E-state index in [1.165, 1.54) is 7.11 Å². The van der Waals surface area contributed by atoms with Gasteiger partial charge in [-0.1, -0.05) is 31.2 Å². The second kappa shape index (κ2) is 8.23. The highest BCUT2D eigenvalue weighted by atomic mass is 32.2. The number of nitrogens with zero attached hydrogens (tertiary/aromatic N) is 1. The van der Waals surface area contributed by atoms with Crippen molar-refractivity contribution in [2.45, 2.75) is 26.3 Å². The molecular formula is C19H24N2O4S. The molecule has 1 amide bonds. The normalized spacial score (nSPS) is 12.3. The van der Waals surface area contributed by atoms with Crippen LogP contribution in [0, 0.1) is 6.92 Å². The maximum Gasteiger partial charge on any atom is 0.248 e. The Labute approximate surface area is 154 Å². The molecule has 0 heterocycles. The molecule has 2 rings (SSSR count). The number of benzene rings is 2. The van der Waals surface area contributed by atoms with Crippen molar-refractivity contribution in [2.75, 3.05) is 23.0 Å². The molecule has 0 saturated heterocycles. The van der Waals surface area contributed by atoms with Gasteiger partial charge in [0.25, 0.3) is 0 Å². The number of anilines is 2. The van der Waals surface area contributed by atoms with Crippen LogP contribution in [0.5, 0.6) is 5.75 Å². The SMILES string of the molecule is CCC(C(=O)Nc1cc(C)ccc1OC)N(c1ccccc1)S(C)(=O)=O. The molecule has 0 saturated carbocycles. The van der Waals surface area contributed by atoms with E-state index in [1.54, 1.807) is 49.4 Å². The van der Waals surface area contributed by atoms with Crippen LogP contribution in [0.3, 0.4) is 0 Å². The first-order valence-corrected chi connectivity index (χ1v) is 10.1. The molecule has 0 aromatic heterocycles. The number of hydrogen-bond donors (Lipinski definition) is 1. The summed E-state index contributed by atoms with van der Waals surface area (Å²) in [6, 6.07) is 13.2. The molecule has 0 aliphatic heterocycles. The zero-order chi connectivity index (χ0) is 19.3. The van der Waals surface area contributed by atoms with E-state index >= 15 is 0 Å². The van der Waals surface area contributed by atoms with Gasteiger partial charge in [-0.3, -0.25) is 9.10 Å². The number of ether oxygens (including phenoxy) is 1. The molecule has 1 atom stereocenters. The molecule has 0 fully saturated rings. The van der Waals surface area contributed by atoms with Crippen molar-refractivity contribution in [3.63, 3.8) is 0 Å². The first-order chi connectivity index (χ1) is 12.3. The number of nitrogens with one attached hydrogen (secondary N) is 1. The van der Waals surface area contributed by atoms with Gasteiger partial charge >= 0.3 is 0 Å². The highest BCUT2D eigenvalue weighted by molar-refractivity contribution is 7.92. The molecule has 26 heavy (non-hydrogen) atoms. The maximum absolute atomic E-state index is 12.9. The molecule has 1 N–H and O–H groups in total. The highest BCUT2D eigenvalue weighted by Gasteiger charge is 2.31. The number of methoxy groups -OCH3 is 1. The van der Waals surface area contributed by atoms with Gasteiger partial charge in [0.05, 0.1) is 24.7 Å². The van der Waals surface area contributed by atoms with E-state index in [0.29, 0.717) is 23.5 Å². The summed E-state index contributed by atoms with van der Waals surface area (Å²) in [5.41, 5.74) is 1.92. The van der Waals surface area contributed by atoms with Crippen LogP contribution >= 0.6 is 0 Å². The Morgan fingerprint density at radius 1 is 1.19 bits per heavy atom. The van der Waals surface area contributed by atoms with Crippen molar-refractivity contribution < 1.29 is 17.9 Å². The fraction of sp³-hybridized carbons (Fsp3) is 0.316. The third-order valence-corrected chi connectivity index (χ3v) is 5.13. The topological polar surface area (TPSA) is 75.7 Å². The van der Waals surface area contributed by atoms with Crippen LogP contribution in [0.15, 0.2) is 48.5 Å². The molecule has 6 nitrogen and oxygen atoms in total. The molecule has 140 valence electrons. The van der Waals surface area contributed by atoms with Gasteiger partial charge in [-0.05, 0) is 43.2 Å². The minimum Gasteiger partial charge on any atom is -0.495 e. The molecule has 2 aromatic carbocycles. The van der Waals surface area contributed by atoms with Gasteiger partial charge in [-0.15, -0.1) is 0 Å². The summed E-state index contributed by atoms with van der Waals surface area (Å²) < 4.78 is 31.2. The minimum atomic E-state index is -3.65. The van der Waals surface area contributed by atoms with Crippen molar-refractivity contribution in [3.05, 3.63) is 54.1 Å². The van der Waals surface area contributed by atoms with Crippen molar-refractivity contribution in [1.29, 1.82) is 0 Å². The molecule has 2 aromatic rings. The number of sulfonamides is 1. The average molecular weight is 376 g/mol. The predicted molar refractivity (Wildman–Crippen MR) is 104 cm³/mol. The standard InChI is InChI=1S/C19H24N2O4S/c1-5-17(21(26(4,23)24)15-9-7-6-8-10-15)19(22)20-16-13-14(2)11-12-18(16)25-3/h6-13,17H,5H2,1-4H3,(H,20,22). The Morgan fingerprint density at radius 3 is 2.38 bits per heavy atom. The molecule has 0 aliphatic carbocycles. The lowest BCUT2D eigenvalue weighted by atomic mass is 10.1. The van der Waals surface area contributed by atoms with Gasteiger partial charge in [-0.2, -0.15) is 0 Å². The lowest BCUT2D eigenvalue weighted by Crippen LogP contribution is -2.47. The van der Waals surface area contributed by atoms with Crippen LogP contribution in [-0.4, -0.2) is 33.7 Å². The van der Waals surface area contributed by atoms with Gasteiger partial charge in [0, 0.05) is 0 Å². The quantitative estimate of drug-likeness (QED) is 0.805. The Balaban J connectivity index is 2.39. The van der Waals surface area contributed by atoms with E-state index in [2.05, 4.69) is 5.32 Å². The lowest BCUT2D eigenvalue weighted by molar-refractivity contribution is -0.117. The summed E-state index contributed by atoms with van der Waals surface area (Å²) in [7, 11) is -2.13. The van der Waals surface area contributed by atoms with Gasteiger partial charge in [0.15, 0.2) is 0 Å². The van der Waals surface area contributed by atoms with Crippen molar-refractivity contribution >= 4 is 27.3 Å². The van der Waals surface area contributed by atoms with E-state index in [4.69, 9.17) is 4.74 Å². The first-order valence-electron chi connectivity index (χ1n) is 8.28. The fourth-order valence-electron chi connectivity index (χ4n) is 2.77. The second-order valence-electron chi connectivity index (χ2n) is 6.01. The maximum atomic E-state index is 12.9. The van der Waals surface area contributed by atoms with Crippen molar-refractivity contribution in [1.82, 2.24) is 0 Å². The largest absolute Gasteiger partial charge is 0.495 e. The third-order valence-electron chi connectivity index (χ3n) is 3.95. The van der Waals surface area contributed by atoms with Crippen LogP contribution in [0.2, 0.25) is 0 Å². The summed E-state index contributed by atoms with van der Waals surface area (Å²) in [6.45, 7) is 3.68. The number of carbonyl (C=O) groups is 1. The highest BCUT2D eigenvalue weighted by Crippen LogP contribution is 2.27. The minimum absolute atomic E-state index is 0.321. The summed E-state index contributed by atoms with van der Waals surface area (Å²) in [5.74, 6) is 0.107. The second-order valence-corrected chi connectivity index (χ2v) is 7.87. The van der Waals surface area contributed by atoms with Crippen LogP contribution in [0.4, 0.5) is 11.4 Å². The summed E-state index contributed by atoms with van der Waals surface area (Å²) in [5, 5.41) is 2.81. The van der Waals surface area contributed by atoms with E-state index in [-0.39, 0.29) is 0 Å². The molecule has 0 bridgehead atoms. The zero-order valence-corrected chi connectivity index (χ0v) is 16.2. The fourth-order valence-corrected chi connectivity index (χ4v) is 3.98. The van der Waals surface area contributed by atoms with Gasteiger partial charge in [0.2, 0.25) is 15.9 Å². The smallest absolute Gasteiger partial charge is 0.248 e. The third kappa shape index (κ3) is 4.54. The van der Waals surface area contributed by atoms with E-state index in [1.807, 2.05) is 13.0 Å². The Hall–Kier alpha value is -2.54. The first kappa shape index (κ1) is 19.8. The van der Waals surface area contributed by atoms with Crippen LogP contribution in [0.25, 0.3) is 0 Å². The number of amides is 1. The molecule has 0 radical (unpaired) electrons. The lowest BCUT2D eigenvalue weighted by Gasteiger charge is -2.30. The number of aryl methyl sites for hydroxylation is 1. The summed E-state index contributed by atoms with van der Waals surface area (Å²) >= 11 is 0. The Morgan fingerprint density at radius 2 is 1.85 bits per heavy atom. The number of carbonyl (C=O) groups excluding carboxylic acids is 1. The van der Waals surface area contributed by atoms with E-state index in [0.717, 1.165) is 16.1 Å². The van der Waals surface area contributed by atoms with Crippen LogP contribution < -0.4 is 14.4 Å².